The van der Waals surface area contributed by atoms with Crippen molar-refractivity contribution in [2.24, 2.45) is 17.8 Å². The van der Waals surface area contributed by atoms with Crippen LogP contribution in [0.4, 0.5) is 4.79 Å². The fourth-order valence-electron chi connectivity index (χ4n) is 6.35. The zero-order chi connectivity index (χ0) is 33.2. The molecule has 10 atom stereocenters. The monoisotopic (exact) mass is 623 g/mol. The molecule has 11 heteroatoms. The van der Waals surface area contributed by atoms with Gasteiger partial charge in [-0.1, -0.05) is 51.1 Å². The summed E-state index contributed by atoms with van der Waals surface area (Å²) in [5, 5.41) is 61.9. The van der Waals surface area contributed by atoms with Gasteiger partial charge < -0.3 is 40.9 Å². The molecule has 252 valence electrons. The molecule has 1 aliphatic heterocycles. The van der Waals surface area contributed by atoms with Crippen LogP contribution in [0.15, 0.2) is 30.3 Å². The highest BCUT2D eigenvalue weighted by molar-refractivity contribution is 5.73. The maximum Gasteiger partial charge on any atom is 0.314 e. The number of benzene rings is 1. The van der Waals surface area contributed by atoms with Crippen molar-refractivity contribution >= 4 is 12.0 Å². The van der Waals surface area contributed by atoms with Crippen LogP contribution in [0.2, 0.25) is 0 Å². The van der Waals surface area contributed by atoms with Crippen molar-refractivity contribution in [3.05, 3.63) is 35.9 Å². The summed E-state index contributed by atoms with van der Waals surface area (Å²) in [5.74, 6) is -2.83. The van der Waals surface area contributed by atoms with E-state index in [1.165, 1.54) is 20.8 Å². The topological polar surface area (TPSA) is 172 Å². The Morgan fingerprint density at radius 3 is 2.23 bits per heavy atom. The Hall–Kier alpha value is -2.28. The van der Waals surface area contributed by atoms with E-state index in [1.807, 2.05) is 42.2 Å². The lowest BCUT2D eigenvalue weighted by molar-refractivity contribution is -0.193. The number of carbonyl (C=O) groups excluding carboxylic acids is 2. The van der Waals surface area contributed by atoms with Crippen LogP contribution in [-0.2, 0) is 16.0 Å². The fraction of sp³-hybridized carbons (Fsp3) is 0.758. The van der Waals surface area contributed by atoms with E-state index in [1.54, 1.807) is 20.8 Å². The van der Waals surface area contributed by atoms with Gasteiger partial charge in [-0.05, 0) is 64.9 Å². The number of esters is 1. The van der Waals surface area contributed by atoms with E-state index in [0.29, 0.717) is 32.6 Å². The lowest BCUT2D eigenvalue weighted by Gasteiger charge is -2.43. The second-order valence-electron chi connectivity index (χ2n) is 13.3. The Balaban J connectivity index is 2.18. The molecular formula is C33H57N3O8. The predicted molar refractivity (Wildman–Crippen MR) is 169 cm³/mol. The van der Waals surface area contributed by atoms with E-state index in [-0.39, 0.29) is 24.8 Å². The molecule has 0 unspecified atom stereocenters. The zero-order valence-electron chi connectivity index (χ0n) is 27.6. The molecule has 1 fully saturated rings. The molecule has 1 aromatic rings. The number of amides is 2. The first-order valence-corrected chi connectivity index (χ1v) is 16.0. The second-order valence-corrected chi connectivity index (χ2v) is 13.3. The average Bonchev–Trinajstić information content (AvgIpc) is 2.98. The number of carbonyl (C=O) groups is 2. The highest BCUT2D eigenvalue weighted by Gasteiger charge is 2.47. The van der Waals surface area contributed by atoms with Crippen LogP contribution in [0, 0.1) is 17.8 Å². The molecule has 7 N–H and O–H groups in total. The Morgan fingerprint density at radius 1 is 1.00 bits per heavy atom. The van der Waals surface area contributed by atoms with Gasteiger partial charge in [0.1, 0.15) is 17.8 Å². The van der Waals surface area contributed by atoms with E-state index in [4.69, 9.17) is 4.74 Å². The van der Waals surface area contributed by atoms with Crippen molar-refractivity contribution in [3.63, 3.8) is 0 Å². The summed E-state index contributed by atoms with van der Waals surface area (Å²) in [6.45, 7) is 13.2. The summed E-state index contributed by atoms with van der Waals surface area (Å²) in [6, 6.07) is 9.01. The molecule has 2 amide bonds. The number of nitrogens with zero attached hydrogens (tertiary/aromatic N) is 1. The molecule has 0 radical (unpaired) electrons. The van der Waals surface area contributed by atoms with Crippen LogP contribution in [0.25, 0.3) is 0 Å². The van der Waals surface area contributed by atoms with E-state index >= 15 is 0 Å². The van der Waals surface area contributed by atoms with Crippen LogP contribution in [-0.4, -0.2) is 110 Å². The molecule has 2 rings (SSSR count). The third-order valence-electron chi connectivity index (χ3n) is 9.23. The van der Waals surface area contributed by atoms with Gasteiger partial charge in [-0.15, -0.1) is 0 Å². The first-order chi connectivity index (χ1) is 20.5. The molecule has 44 heavy (non-hydrogen) atoms. The predicted octanol–water partition coefficient (Wildman–Crippen LogP) is 1.83. The third kappa shape index (κ3) is 10.4. The summed E-state index contributed by atoms with van der Waals surface area (Å²) in [4.78, 5) is 27.4. The van der Waals surface area contributed by atoms with Gasteiger partial charge in [-0.2, -0.15) is 0 Å². The molecule has 0 aromatic heterocycles. The molecule has 1 saturated heterocycles. The summed E-state index contributed by atoms with van der Waals surface area (Å²) >= 11 is 0. The Bertz CT molecular complexity index is 1020. The molecule has 0 spiro atoms. The summed E-state index contributed by atoms with van der Waals surface area (Å²) < 4.78 is 5.64. The van der Waals surface area contributed by atoms with Gasteiger partial charge >= 0.3 is 12.0 Å². The van der Waals surface area contributed by atoms with Crippen molar-refractivity contribution in [3.8, 4) is 0 Å². The van der Waals surface area contributed by atoms with Crippen molar-refractivity contribution in [1.29, 1.82) is 0 Å². The zero-order valence-corrected chi connectivity index (χ0v) is 27.6. The standard InChI is InChI=1S/C33H57N3O8/c1-8-26-33(7,43)29(39)24(5)36(18-12-16-34-31(41)35-17-15-25-13-10-9-11-14-25)20-21(2)19-32(6,42)28(38)22(3)27(37)23(4)30(40)44-26/h9-11,13-14,21-24,26-29,37-39,42-43H,8,12,15-20H2,1-7H3,(H2,34,35,41)/t21-,22+,23-,24-,26-,27+,28-,29-,32-,33-/m1/s1. The van der Waals surface area contributed by atoms with Gasteiger partial charge in [0.25, 0.3) is 0 Å². The van der Waals surface area contributed by atoms with Gasteiger partial charge in [0.05, 0.1) is 23.7 Å². The quantitative estimate of drug-likeness (QED) is 0.169. The van der Waals surface area contributed by atoms with Crippen LogP contribution >= 0.6 is 0 Å². The minimum absolute atomic E-state index is 0.166. The Morgan fingerprint density at radius 2 is 1.61 bits per heavy atom. The molecule has 1 heterocycles. The van der Waals surface area contributed by atoms with Crippen molar-refractivity contribution in [2.45, 2.75) is 116 Å². The van der Waals surface area contributed by atoms with Crippen molar-refractivity contribution in [1.82, 2.24) is 15.5 Å². The van der Waals surface area contributed by atoms with Gasteiger partial charge in [-0.25, -0.2) is 4.79 Å². The van der Waals surface area contributed by atoms with Gasteiger partial charge in [0.2, 0.25) is 0 Å². The van der Waals surface area contributed by atoms with Crippen molar-refractivity contribution < 1.29 is 39.9 Å². The number of cyclic esters (lactones) is 1. The maximum atomic E-state index is 13.0. The number of hydrogen-bond donors (Lipinski definition) is 7. The maximum absolute atomic E-state index is 13.0. The number of rotatable bonds is 8. The second kappa shape index (κ2) is 16.9. The molecule has 0 saturated carbocycles. The molecular weight excluding hydrogens is 566 g/mol. The van der Waals surface area contributed by atoms with Gasteiger partial charge in [0.15, 0.2) is 0 Å². The van der Waals surface area contributed by atoms with Gasteiger partial charge in [-0.3, -0.25) is 9.69 Å². The minimum atomic E-state index is -1.82. The first kappa shape index (κ1) is 37.9. The number of hydrogen-bond acceptors (Lipinski definition) is 9. The largest absolute Gasteiger partial charge is 0.459 e. The molecule has 0 bridgehead atoms. The normalized spacial score (nSPS) is 36.5. The highest BCUT2D eigenvalue weighted by atomic mass is 16.6. The number of urea groups is 1. The molecule has 1 aliphatic rings. The Kier molecular flexibility index (Phi) is 14.5. The lowest BCUT2D eigenvalue weighted by Crippen LogP contribution is -2.59. The SMILES string of the molecule is CC[C@H]1OC(=O)[C@H](C)[C@@H](O)[C@H](C)[C@@H](O)[C@](C)(O)C[C@@H](C)CN(CCCNC(=O)NCCc2ccccc2)[C@H](C)[C@@H](O)[C@]1(C)O. The van der Waals surface area contributed by atoms with E-state index in [2.05, 4.69) is 10.6 Å². The lowest BCUT2D eigenvalue weighted by atomic mass is 9.78. The highest BCUT2D eigenvalue weighted by Crippen LogP contribution is 2.32. The van der Waals surface area contributed by atoms with Gasteiger partial charge in [0, 0.05) is 38.1 Å². The number of nitrogens with one attached hydrogen (secondary N) is 2. The minimum Gasteiger partial charge on any atom is -0.459 e. The average molecular weight is 624 g/mol. The first-order valence-electron chi connectivity index (χ1n) is 16.0. The van der Waals surface area contributed by atoms with E-state index in [0.717, 1.165) is 12.0 Å². The number of aliphatic hydroxyl groups is 5. The molecule has 0 aliphatic carbocycles. The van der Waals surface area contributed by atoms with Crippen LogP contribution < -0.4 is 10.6 Å². The van der Waals surface area contributed by atoms with E-state index in [9.17, 15) is 35.1 Å². The fourth-order valence-corrected chi connectivity index (χ4v) is 6.35. The van der Waals surface area contributed by atoms with E-state index < -0.39 is 59.5 Å². The van der Waals surface area contributed by atoms with Crippen LogP contribution in [0.1, 0.15) is 73.3 Å². The number of ether oxygens (including phenoxy) is 1. The van der Waals surface area contributed by atoms with Crippen molar-refractivity contribution in [2.75, 3.05) is 26.2 Å². The summed E-state index contributed by atoms with van der Waals surface area (Å²) in [5.41, 5.74) is -2.26. The smallest absolute Gasteiger partial charge is 0.314 e. The van der Waals surface area contributed by atoms with Crippen LogP contribution in [0.3, 0.4) is 0 Å². The number of aliphatic hydroxyl groups excluding tert-OH is 3. The Labute approximate surface area is 263 Å². The summed E-state index contributed by atoms with van der Waals surface area (Å²) in [6.07, 6.45) is -3.35. The molecule has 11 nitrogen and oxygen atoms in total. The van der Waals surface area contributed by atoms with Crippen LogP contribution in [0.5, 0.6) is 0 Å². The third-order valence-corrected chi connectivity index (χ3v) is 9.23. The summed E-state index contributed by atoms with van der Waals surface area (Å²) in [7, 11) is 0. The molecule has 1 aromatic carbocycles.